The van der Waals surface area contributed by atoms with Gasteiger partial charge in [0.05, 0.1) is 5.57 Å². The first-order valence-electron chi connectivity index (χ1n) is 4.05. The minimum atomic E-state index is -1.11. The Morgan fingerprint density at radius 3 is 2.33 bits per heavy atom. The van der Waals surface area contributed by atoms with Crippen LogP contribution >= 0.6 is 0 Å². The molecule has 1 N–H and O–H groups in total. The van der Waals surface area contributed by atoms with Gasteiger partial charge in [0, 0.05) is 6.08 Å². The quantitative estimate of drug-likeness (QED) is 0.471. The molecule has 0 unspecified atom stereocenters. The van der Waals surface area contributed by atoms with Crippen molar-refractivity contribution in [2.75, 3.05) is 0 Å². The summed E-state index contributed by atoms with van der Waals surface area (Å²) in [6.45, 7) is 1.93. The number of nitriles is 1. The predicted octanol–water partition coefficient (Wildman–Crippen LogP) is 1.34. The van der Waals surface area contributed by atoms with E-state index >= 15 is 0 Å². The summed E-state index contributed by atoms with van der Waals surface area (Å²) in [5.41, 5.74) is 1.86. The third-order valence-corrected chi connectivity index (χ3v) is 1.75. The summed E-state index contributed by atoms with van der Waals surface area (Å²) in [6.07, 6.45) is 0.907. The molecule has 0 aliphatic carbocycles. The summed E-state index contributed by atoms with van der Waals surface area (Å²) in [5.74, 6) is -1.11. The summed E-state index contributed by atoms with van der Waals surface area (Å²) in [6, 6.07) is 8.98. The molecule has 72 valence electrons. The molecule has 0 bridgehead atoms. The van der Waals surface area contributed by atoms with Crippen LogP contribution in [0.4, 0.5) is 0 Å². The van der Waals surface area contributed by atoms with Crippen LogP contribution in [0.25, 0.3) is 5.57 Å². The second kappa shape index (κ2) is 6.93. The Bertz CT molecular complexity index is 415. The van der Waals surface area contributed by atoms with E-state index in [1.165, 1.54) is 0 Å². The fraction of sp³-hybridized carbons (Fsp3) is 0.0909. The number of benzene rings is 1. The molecule has 1 aromatic carbocycles. The SMILES string of the molecule is Cc1ccc(C(C#N)=CC(=O)O)cc1.[KH]. The first-order chi connectivity index (χ1) is 6.63. The normalized spacial score (nSPS) is 10.0. The molecule has 3 nitrogen and oxygen atoms in total. The Kier molecular flexibility index (Phi) is 6.73. The molecule has 1 rings (SSSR count). The van der Waals surface area contributed by atoms with E-state index in [9.17, 15) is 4.79 Å². The Morgan fingerprint density at radius 1 is 1.40 bits per heavy atom. The monoisotopic (exact) mass is 227 g/mol. The average Bonchev–Trinajstić information content (AvgIpc) is 2.15. The fourth-order valence-corrected chi connectivity index (χ4v) is 1.04. The minimum absolute atomic E-state index is 0. The standard InChI is InChI=1S/C11H9NO2.K.H/c1-8-2-4-9(5-3-8)10(7-12)6-11(13)14;;/h2-6H,1H3,(H,13,14);;. The number of rotatable bonds is 2. The molecule has 0 radical (unpaired) electrons. The van der Waals surface area contributed by atoms with Gasteiger partial charge >= 0.3 is 57.4 Å². The predicted molar refractivity (Wildman–Crippen MR) is 59.6 cm³/mol. The number of carbonyl (C=O) groups is 1. The first-order valence-corrected chi connectivity index (χ1v) is 4.05. The molecule has 0 aliphatic rings. The molecule has 0 heterocycles. The van der Waals surface area contributed by atoms with Crippen LogP contribution < -0.4 is 0 Å². The summed E-state index contributed by atoms with van der Waals surface area (Å²) >= 11 is 0. The number of carboxylic acids is 1. The van der Waals surface area contributed by atoms with Gasteiger partial charge in [0.1, 0.15) is 6.07 Å². The summed E-state index contributed by atoms with van der Waals surface area (Å²) in [5, 5.41) is 17.2. The number of aliphatic carboxylic acids is 1. The van der Waals surface area contributed by atoms with Crippen LogP contribution in [-0.4, -0.2) is 62.5 Å². The van der Waals surface area contributed by atoms with Crippen molar-refractivity contribution in [3.8, 4) is 6.07 Å². The fourth-order valence-electron chi connectivity index (χ4n) is 1.04. The van der Waals surface area contributed by atoms with E-state index in [1.54, 1.807) is 12.1 Å². The van der Waals surface area contributed by atoms with Crippen LogP contribution in [0, 0.1) is 18.3 Å². The Balaban J connectivity index is 0.00000196. The van der Waals surface area contributed by atoms with Crippen LogP contribution in [0.5, 0.6) is 0 Å². The zero-order chi connectivity index (χ0) is 10.6. The number of hydrogen-bond acceptors (Lipinski definition) is 2. The molecule has 15 heavy (non-hydrogen) atoms. The van der Waals surface area contributed by atoms with Crippen molar-refractivity contribution in [1.82, 2.24) is 0 Å². The van der Waals surface area contributed by atoms with Crippen molar-refractivity contribution in [2.45, 2.75) is 6.92 Å². The topological polar surface area (TPSA) is 61.1 Å². The van der Waals surface area contributed by atoms with Crippen LogP contribution in [0.1, 0.15) is 11.1 Å². The number of hydrogen-bond donors (Lipinski definition) is 1. The summed E-state index contributed by atoms with van der Waals surface area (Å²) in [4.78, 5) is 10.4. The van der Waals surface area contributed by atoms with E-state index in [4.69, 9.17) is 10.4 Å². The number of allylic oxidation sites excluding steroid dienone is 1. The Labute approximate surface area is 131 Å². The van der Waals surface area contributed by atoms with E-state index in [-0.39, 0.29) is 57.0 Å². The molecule has 0 amide bonds. The Hall–Kier alpha value is -0.444. The summed E-state index contributed by atoms with van der Waals surface area (Å²) < 4.78 is 0. The van der Waals surface area contributed by atoms with Gasteiger partial charge in [-0.3, -0.25) is 0 Å². The molecule has 1 aromatic rings. The van der Waals surface area contributed by atoms with Gasteiger partial charge in [0.15, 0.2) is 0 Å². The van der Waals surface area contributed by atoms with Crippen LogP contribution in [0.15, 0.2) is 30.3 Å². The number of aryl methyl sites for hydroxylation is 1. The van der Waals surface area contributed by atoms with E-state index in [0.717, 1.165) is 11.6 Å². The third kappa shape index (κ3) is 4.73. The van der Waals surface area contributed by atoms with Crippen LogP contribution in [-0.2, 0) is 4.79 Å². The molecule has 0 atom stereocenters. The average molecular weight is 227 g/mol. The van der Waals surface area contributed by atoms with Crippen molar-refractivity contribution >= 4 is 62.9 Å². The van der Waals surface area contributed by atoms with Crippen molar-refractivity contribution in [3.63, 3.8) is 0 Å². The molecule has 0 saturated heterocycles. The van der Waals surface area contributed by atoms with Gasteiger partial charge in [-0.05, 0) is 12.5 Å². The van der Waals surface area contributed by atoms with Gasteiger partial charge in [-0.2, -0.15) is 5.26 Å². The summed E-state index contributed by atoms with van der Waals surface area (Å²) in [7, 11) is 0. The number of nitrogens with zero attached hydrogens (tertiary/aromatic N) is 1. The van der Waals surface area contributed by atoms with E-state index in [1.807, 2.05) is 25.1 Å². The van der Waals surface area contributed by atoms with Crippen molar-refractivity contribution < 1.29 is 9.90 Å². The van der Waals surface area contributed by atoms with Crippen LogP contribution in [0.3, 0.4) is 0 Å². The molecule has 0 saturated carbocycles. The molecule has 0 aliphatic heterocycles. The zero-order valence-electron chi connectivity index (χ0n) is 7.69. The second-order valence-electron chi connectivity index (χ2n) is 2.87. The molecule has 0 spiro atoms. The third-order valence-electron chi connectivity index (χ3n) is 1.75. The molecule has 0 fully saturated rings. The maximum atomic E-state index is 10.4. The van der Waals surface area contributed by atoms with Crippen molar-refractivity contribution in [1.29, 1.82) is 5.26 Å². The molecular formula is C11H10KNO2. The maximum absolute atomic E-state index is 10.4. The van der Waals surface area contributed by atoms with Gasteiger partial charge in [-0.15, -0.1) is 0 Å². The Morgan fingerprint density at radius 2 is 1.93 bits per heavy atom. The molecule has 0 aromatic heterocycles. The molecule has 4 heteroatoms. The van der Waals surface area contributed by atoms with Crippen molar-refractivity contribution in [3.05, 3.63) is 41.5 Å². The van der Waals surface area contributed by atoms with E-state index in [0.29, 0.717) is 5.56 Å². The van der Waals surface area contributed by atoms with E-state index < -0.39 is 5.97 Å². The van der Waals surface area contributed by atoms with Gasteiger partial charge in [-0.25, -0.2) is 4.79 Å². The van der Waals surface area contributed by atoms with Gasteiger partial charge in [-0.1, -0.05) is 29.8 Å². The van der Waals surface area contributed by atoms with Gasteiger partial charge in [0.2, 0.25) is 0 Å². The van der Waals surface area contributed by atoms with Gasteiger partial charge in [0.25, 0.3) is 0 Å². The second-order valence-corrected chi connectivity index (χ2v) is 2.87. The first kappa shape index (κ1) is 14.6. The zero-order valence-corrected chi connectivity index (χ0v) is 7.69. The van der Waals surface area contributed by atoms with Crippen molar-refractivity contribution in [2.24, 2.45) is 0 Å². The van der Waals surface area contributed by atoms with E-state index in [2.05, 4.69) is 0 Å². The molecular weight excluding hydrogens is 217 g/mol. The van der Waals surface area contributed by atoms with Gasteiger partial charge < -0.3 is 5.11 Å². The van der Waals surface area contributed by atoms with Crippen LogP contribution in [0.2, 0.25) is 0 Å². The number of carboxylic acid groups (broad SMARTS) is 1.